The fraction of sp³-hybridized carbons (Fsp3) is 0.212. The normalized spacial score (nSPS) is 14.4. The van der Waals surface area contributed by atoms with Gasteiger partial charge in [0.25, 0.3) is 15.9 Å². The van der Waals surface area contributed by atoms with Crippen molar-refractivity contribution in [2.24, 2.45) is 0 Å². The molecule has 9 heteroatoms. The molecule has 0 spiro atoms. The van der Waals surface area contributed by atoms with Crippen molar-refractivity contribution in [1.82, 2.24) is 5.32 Å². The van der Waals surface area contributed by atoms with Gasteiger partial charge in [-0.25, -0.2) is 8.42 Å². The number of carbonyl (C=O) groups excluding carboxylic acids is 2. The van der Waals surface area contributed by atoms with Crippen LogP contribution in [0.5, 0.6) is 5.75 Å². The van der Waals surface area contributed by atoms with Crippen LogP contribution in [0.2, 0.25) is 0 Å². The summed E-state index contributed by atoms with van der Waals surface area (Å²) in [6, 6.07) is 30.7. The number of para-hydroxylation sites is 2. The van der Waals surface area contributed by atoms with Crippen molar-refractivity contribution in [3.05, 3.63) is 120 Å². The number of hydrogen-bond acceptors (Lipinski definition) is 5. The summed E-state index contributed by atoms with van der Waals surface area (Å²) in [5, 5.41) is 2.93. The van der Waals surface area contributed by atoms with Gasteiger partial charge >= 0.3 is 0 Å². The lowest BCUT2D eigenvalue weighted by atomic mass is 10.1. The molecule has 1 aliphatic rings. The first-order valence-electron chi connectivity index (χ1n) is 13.8. The molecule has 5 rings (SSSR count). The number of aryl methyl sites for hydroxylation is 2. The van der Waals surface area contributed by atoms with E-state index in [1.807, 2.05) is 55.5 Å². The lowest BCUT2D eigenvalue weighted by Crippen LogP contribution is -2.51. The second kappa shape index (κ2) is 12.9. The van der Waals surface area contributed by atoms with Crippen molar-refractivity contribution in [2.75, 3.05) is 22.7 Å². The molecule has 0 unspecified atom stereocenters. The van der Waals surface area contributed by atoms with Crippen LogP contribution in [0.25, 0.3) is 0 Å². The molecule has 0 fully saturated rings. The van der Waals surface area contributed by atoms with E-state index in [0.717, 1.165) is 16.7 Å². The second-order valence-corrected chi connectivity index (χ2v) is 11.9. The maximum Gasteiger partial charge on any atom is 0.262 e. The number of benzene rings is 4. The van der Waals surface area contributed by atoms with Crippen LogP contribution in [0.3, 0.4) is 0 Å². The van der Waals surface area contributed by atoms with Gasteiger partial charge in [-0.05, 0) is 67.3 Å². The van der Waals surface area contributed by atoms with E-state index in [9.17, 15) is 18.0 Å². The van der Waals surface area contributed by atoms with Crippen molar-refractivity contribution in [1.29, 1.82) is 0 Å². The summed E-state index contributed by atoms with van der Waals surface area (Å²) in [4.78, 5) is 28.1. The van der Waals surface area contributed by atoms with Gasteiger partial charge in [-0.2, -0.15) is 0 Å². The number of fused-ring (bicyclic) bond motifs is 1. The number of hydrogen-bond donors (Lipinski definition) is 2. The molecule has 0 saturated heterocycles. The Labute approximate surface area is 246 Å². The van der Waals surface area contributed by atoms with E-state index in [1.165, 1.54) is 12.1 Å². The molecule has 42 heavy (non-hydrogen) atoms. The van der Waals surface area contributed by atoms with Crippen molar-refractivity contribution < 1.29 is 22.7 Å². The van der Waals surface area contributed by atoms with Crippen LogP contribution in [-0.2, 0) is 32.5 Å². The number of amides is 2. The maximum atomic E-state index is 13.4. The number of nitrogens with zero attached hydrogens (tertiary/aromatic N) is 1. The summed E-state index contributed by atoms with van der Waals surface area (Å²) in [6.45, 7) is 2.50. The summed E-state index contributed by atoms with van der Waals surface area (Å²) < 4.78 is 34.1. The standard InChI is InChI=1S/C33H33N3O5S/c1-24-11-16-27(17-12-24)35-42(39,40)28-18-13-26(14-19-28)15-20-32(37)36-23-31(41-30-10-6-5-9-29(30)36)33(38)34-22-21-25-7-3-2-4-8-25/h2-14,16-19,31,35H,15,20-23H2,1H3,(H,34,38)/t31-/m0/s1. The first-order chi connectivity index (χ1) is 20.3. The molecular weight excluding hydrogens is 550 g/mol. The van der Waals surface area contributed by atoms with E-state index in [-0.39, 0.29) is 29.7 Å². The molecule has 1 heterocycles. The molecule has 0 bridgehead atoms. The van der Waals surface area contributed by atoms with E-state index in [0.29, 0.717) is 36.5 Å². The van der Waals surface area contributed by atoms with Gasteiger partial charge in [-0.15, -0.1) is 0 Å². The van der Waals surface area contributed by atoms with Crippen molar-refractivity contribution in [3.63, 3.8) is 0 Å². The van der Waals surface area contributed by atoms with Gasteiger partial charge in [0, 0.05) is 18.7 Å². The Hall–Kier alpha value is -4.63. The molecule has 4 aromatic carbocycles. The lowest BCUT2D eigenvalue weighted by molar-refractivity contribution is -0.128. The molecule has 2 amide bonds. The third-order valence-electron chi connectivity index (χ3n) is 7.09. The van der Waals surface area contributed by atoms with Gasteiger partial charge in [-0.1, -0.05) is 72.3 Å². The molecule has 1 atom stereocenters. The molecule has 0 aliphatic carbocycles. The Kier molecular flexibility index (Phi) is 8.88. The Balaban J connectivity index is 1.19. The zero-order chi connectivity index (χ0) is 29.5. The van der Waals surface area contributed by atoms with E-state index >= 15 is 0 Å². The largest absolute Gasteiger partial charge is 0.477 e. The molecule has 2 N–H and O–H groups in total. The maximum absolute atomic E-state index is 13.4. The SMILES string of the molecule is Cc1ccc(NS(=O)(=O)c2ccc(CCC(=O)N3C[C@@H](C(=O)NCCc4ccccc4)Oc4ccccc43)cc2)cc1. The van der Waals surface area contributed by atoms with Crippen LogP contribution in [0.4, 0.5) is 11.4 Å². The Morgan fingerprint density at radius 2 is 1.50 bits per heavy atom. The fourth-order valence-corrected chi connectivity index (χ4v) is 5.81. The summed E-state index contributed by atoms with van der Waals surface area (Å²) in [5.74, 6) is 0.0656. The summed E-state index contributed by atoms with van der Waals surface area (Å²) in [5.41, 5.74) is 4.10. The van der Waals surface area contributed by atoms with Gasteiger partial charge < -0.3 is 15.0 Å². The molecule has 0 saturated carbocycles. The first-order valence-corrected chi connectivity index (χ1v) is 15.3. The molecule has 1 aliphatic heterocycles. The van der Waals surface area contributed by atoms with Gasteiger partial charge in [0.1, 0.15) is 5.75 Å². The molecule has 0 aromatic heterocycles. The minimum Gasteiger partial charge on any atom is -0.477 e. The molecular formula is C33H33N3O5S. The second-order valence-electron chi connectivity index (χ2n) is 10.2. The zero-order valence-electron chi connectivity index (χ0n) is 23.3. The predicted molar refractivity (Wildman–Crippen MR) is 163 cm³/mol. The summed E-state index contributed by atoms with van der Waals surface area (Å²) in [6.07, 6.45) is 0.466. The highest BCUT2D eigenvalue weighted by Crippen LogP contribution is 2.33. The Morgan fingerprint density at radius 3 is 2.24 bits per heavy atom. The van der Waals surface area contributed by atoms with Gasteiger partial charge in [0.2, 0.25) is 5.91 Å². The molecule has 0 radical (unpaired) electrons. The van der Waals surface area contributed by atoms with E-state index in [1.54, 1.807) is 47.4 Å². The average Bonchev–Trinajstić information content (AvgIpc) is 3.01. The third kappa shape index (κ3) is 7.16. The van der Waals surface area contributed by atoms with Crippen LogP contribution < -0.4 is 19.7 Å². The van der Waals surface area contributed by atoms with Crippen LogP contribution in [0.15, 0.2) is 108 Å². The Morgan fingerprint density at radius 1 is 0.833 bits per heavy atom. The topological polar surface area (TPSA) is 105 Å². The first kappa shape index (κ1) is 28.9. The molecule has 216 valence electrons. The van der Waals surface area contributed by atoms with Crippen LogP contribution >= 0.6 is 0 Å². The fourth-order valence-electron chi connectivity index (χ4n) is 4.75. The molecule has 8 nitrogen and oxygen atoms in total. The van der Waals surface area contributed by atoms with Crippen LogP contribution in [0.1, 0.15) is 23.1 Å². The van der Waals surface area contributed by atoms with E-state index in [4.69, 9.17) is 4.74 Å². The number of carbonyl (C=O) groups is 2. The monoisotopic (exact) mass is 583 g/mol. The average molecular weight is 584 g/mol. The molecule has 4 aromatic rings. The van der Waals surface area contributed by atoms with Crippen LogP contribution in [0, 0.1) is 6.92 Å². The zero-order valence-corrected chi connectivity index (χ0v) is 24.1. The van der Waals surface area contributed by atoms with Crippen molar-refractivity contribution in [3.8, 4) is 5.75 Å². The number of rotatable bonds is 10. The quantitative estimate of drug-likeness (QED) is 0.277. The number of sulfonamides is 1. The smallest absolute Gasteiger partial charge is 0.262 e. The number of nitrogens with one attached hydrogen (secondary N) is 2. The lowest BCUT2D eigenvalue weighted by Gasteiger charge is -2.34. The van der Waals surface area contributed by atoms with Crippen molar-refractivity contribution >= 4 is 33.2 Å². The minimum absolute atomic E-state index is 0.106. The summed E-state index contributed by atoms with van der Waals surface area (Å²) >= 11 is 0. The van der Waals surface area contributed by atoms with Gasteiger partial charge in [-0.3, -0.25) is 14.3 Å². The highest BCUT2D eigenvalue weighted by atomic mass is 32.2. The van der Waals surface area contributed by atoms with E-state index in [2.05, 4.69) is 10.0 Å². The van der Waals surface area contributed by atoms with E-state index < -0.39 is 16.1 Å². The highest BCUT2D eigenvalue weighted by Gasteiger charge is 2.33. The number of ether oxygens (including phenoxy) is 1. The summed E-state index contributed by atoms with van der Waals surface area (Å²) in [7, 11) is -3.74. The minimum atomic E-state index is -3.74. The third-order valence-corrected chi connectivity index (χ3v) is 8.49. The van der Waals surface area contributed by atoms with Crippen LogP contribution in [-0.4, -0.2) is 39.4 Å². The number of anilines is 2. The van der Waals surface area contributed by atoms with Crippen molar-refractivity contribution in [2.45, 2.75) is 37.2 Å². The highest BCUT2D eigenvalue weighted by molar-refractivity contribution is 7.92. The van der Waals surface area contributed by atoms with Gasteiger partial charge in [0.15, 0.2) is 6.10 Å². The predicted octanol–water partition coefficient (Wildman–Crippen LogP) is 4.88. The Bertz CT molecular complexity index is 1640. The van der Waals surface area contributed by atoms with Gasteiger partial charge in [0.05, 0.1) is 17.1 Å².